The molecular formula is C13H26N2O2. The topological polar surface area (TPSA) is 52.6 Å². The predicted octanol–water partition coefficient (Wildman–Crippen LogP) is 0.994. The Morgan fingerprint density at radius 2 is 2.18 bits per heavy atom. The maximum absolute atomic E-state index is 12.3. The lowest BCUT2D eigenvalue weighted by Crippen LogP contribution is -2.52. The number of aliphatic hydroxyl groups is 1. The first kappa shape index (κ1) is 14.5. The van der Waals surface area contributed by atoms with Crippen LogP contribution in [0.15, 0.2) is 0 Å². The number of nitrogens with one attached hydrogen (secondary N) is 1. The summed E-state index contributed by atoms with van der Waals surface area (Å²) in [5, 5.41) is 13.1. The summed E-state index contributed by atoms with van der Waals surface area (Å²) < 4.78 is 0. The number of amides is 1. The van der Waals surface area contributed by atoms with E-state index in [-0.39, 0.29) is 11.9 Å². The summed E-state index contributed by atoms with van der Waals surface area (Å²) in [6, 6.07) is -0.0685. The predicted molar refractivity (Wildman–Crippen MR) is 68.7 cm³/mol. The third-order valence-corrected chi connectivity index (χ3v) is 3.24. The van der Waals surface area contributed by atoms with Gasteiger partial charge in [-0.1, -0.05) is 6.92 Å². The number of piperidine rings is 1. The van der Waals surface area contributed by atoms with Crippen molar-refractivity contribution in [1.82, 2.24) is 10.2 Å². The van der Waals surface area contributed by atoms with E-state index in [1.807, 2.05) is 6.92 Å². The zero-order valence-electron chi connectivity index (χ0n) is 11.5. The van der Waals surface area contributed by atoms with Gasteiger partial charge in [0.2, 0.25) is 5.91 Å². The number of carbonyl (C=O) groups is 1. The average molecular weight is 242 g/mol. The molecule has 100 valence electrons. The second-order valence-corrected chi connectivity index (χ2v) is 5.80. The van der Waals surface area contributed by atoms with E-state index in [4.69, 9.17) is 0 Å². The van der Waals surface area contributed by atoms with Gasteiger partial charge in [0.25, 0.3) is 0 Å². The number of likely N-dealkylation sites (N-methyl/N-ethyl adjacent to an activating group) is 1. The molecule has 0 radical (unpaired) electrons. The number of carbonyl (C=O) groups excluding carboxylic acids is 1. The first-order valence-electron chi connectivity index (χ1n) is 6.58. The molecule has 0 aromatic heterocycles. The molecule has 0 aromatic rings. The lowest BCUT2D eigenvalue weighted by molar-refractivity contribution is -0.137. The molecule has 2 unspecified atom stereocenters. The van der Waals surface area contributed by atoms with Crippen molar-refractivity contribution in [2.45, 2.75) is 52.2 Å². The van der Waals surface area contributed by atoms with Crippen LogP contribution in [0.5, 0.6) is 0 Å². The van der Waals surface area contributed by atoms with E-state index in [2.05, 4.69) is 12.2 Å². The van der Waals surface area contributed by atoms with Crippen molar-refractivity contribution < 1.29 is 9.90 Å². The fourth-order valence-corrected chi connectivity index (χ4v) is 2.33. The van der Waals surface area contributed by atoms with Gasteiger partial charge in [-0.3, -0.25) is 4.79 Å². The highest BCUT2D eigenvalue weighted by atomic mass is 16.3. The summed E-state index contributed by atoms with van der Waals surface area (Å²) in [6.07, 6.45) is 2.04. The molecule has 2 N–H and O–H groups in total. The van der Waals surface area contributed by atoms with Crippen molar-refractivity contribution in [3.8, 4) is 0 Å². The first-order valence-corrected chi connectivity index (χ1v) is 6.58. The SMILES string of the molecule is CCN(CC(C)(C)O)C(=O)C1CC(C)CCN1. The number of nitrogens with zero attached hydrogens (tertiary/aromatic N) is 1. The molecule has 4 heteroatoms. The minimum absolute atomic E-state index is 0.0685. The maximum Gasteiger partial charge on any atom is 0.239 e. The Morgan fingerprint density at radius 3 is 2.65 bits per heavy atom. The lowest BCUT2D eigenvalue weighted by Gasteiger charge is -2.34. The zero-order valence-corrected chi connectivity index (χ0v) is 11.5. The summed E-state index contributed by atoms with van der Waals surface area (Å²) in [5.41, 5.74) is -0.827. The van der Waals surface area contributed by atoms with E-state index < -0.39 is 5.60 Å². The highest BCUT2D eigenvalue weighted by Crippen LogP contribution is 2.17. The molecule has 2 atom stereocenters. The molecule has 4 nitrogen and oxygen atoms in total. The Kier molecular flexibility index (Phi) is 4.95. The maximum atomic E-state index is 12.3. The van der Waals surface area contributed by atoms with Crippen molar-refractivity contribution in [2.75, 3.05) is 19.6 Å². The van der Waals surface area contributed by atoms with Gasteiger partial charge in [-0.05, 0) is 46.1 Å². The highest BCUT2D eigenvalue weighted by Gasteiger charge is 2.30. The summed E-state index contributed by atoms with van der Waals surface area (Å²) in [7, 11) is 0. The molecule has 0 spiro atoms. The number of rotatable bonds is 4. The van der Waals surface area contributed by atoms with E-state index in [0.29, 0.717) is 19.0 Å². The van der Waals surface area contributed by atoms with Gasteiger partial charge in [-0.2, -0.15) is 0 Å². The van der Waals surface area contributed by atoms with E-state index in [0.717, 1.165) is 19.4 Å². The van der Waals surface area contributed by atoms with Crippen LogP contribution in [0.25, 0.3) is 0 Å². The van der Waals surface area contributed by atoms with Crippen LogP contribution in [-0.4, -0.2) is 47.2 Å². The first-order chi connectivity index (χ1) is 7.83. The molecule has 1 fully saturated rings. The van der Waals surface area contributed by atoms with Gasteiger partial charge in [0.05, 0.1) is 11.6 Å². The Bertz CT molecular complexity index is 261. The molecule has 0 aliphatic carbocycles. The Morgan fingerprint density at radius 1 is 1.53 bits per heavy atom. The van der Waals surface area contributed by atoms with Crippen LogP contribution in [0.4, 0.5) is 0 Å². The van der Waals surface area contributed by atoms with Gasteiger partial charge in [-0.25, -0.2) is 0 Å². The average Bonchev–Trinajstić information content (AvgIpc) is 2.23. The second kappa shape index (κ2) is 5.83. The number of hydrogen-bond donors (Lipinski definition) is 2. The number of hydrogen-bond acceptors (Lipinski definition) is 3. The van der Waals surface area contributed by atoms with Gasteiger partial charge < -0.3 is 15.3 Å². The van der Waals surface area contributed by atoms with Crippen LogP contribution >= 0.6 is 0 Å². The fourth-order valence-electron chi connectivity index (χ4n) is 2.33. The smallest absolute Gasteiger partial charge is 0.239 e. The molecule has 1 aliphatic rings. The van der Waals surface area contributed by atoms with E-state index >= 15 is 0 Å². The van der Waals surface area contributed by atoms with Crippen molar-refractivity contribution in [2.24, 2.45) is 5.92 Å². The molecule has 1 saturated heterocycles. The Labute approximate surface area is 104 Å². The monoisotopic (exact) mass is 242 g/mol. The quantitative estimate of drug-likeness (QED) is 0.773. The summed E-state index contributed by atoms with van der Waals surface area (Å²) >= 11 is 0. The van der Waals surface area contributed by atoms with E-state index in [1.165, 1.54) is 0 Å². The van der Waals surface area contributed by atoms with Crippen LogP contribution in [0.1, 0.15) is 40.5 Å². The lowest BCUT2D eigenvalue weighted by atomic mass is 9.93. The minimum Gasteiger partial charge on any atom is -0.389 e. The second-order valence-electron chi connectivity index (χ2n) is 5.80. The molecule has 1 rings (SSSR count). The highest BCUT2D eigenvalue weighted by molar-refractivity contribution is 5.82. The molecule has 0 bridgehead atoms. The molecule has 0 saturated carbocycles. The van der Waals surface area contributed by atoms with Crippen molar-refractivity contribution in [3.63, 3.8) is 0 Å². The summed E-state index contributed by atoms with van der Waals surface area (Å²) in [4.78, 5) is 14.1. The minimum atomic E-state index is -0.827. The third kappa shape index (κ3) is 4.64. The molecule has 1 aliphatic heterocycles. The normalized spacial score (nSPS) is 25.7. The van der Waals surface area contributed by atoms with Crippen LogP contribution in [0, 0.1) is 5.92 Å². The third-order valence-electron chi connectivity index (χ3n) is 3.24. The molecule has 17 heavy (non-hydrogen) atoms. The van der Waals surface area contributed by atoms with Crippen molar-refractivity contribution in [3.05, 3.63) is 0 Å². The van der Waals surface area contributed by atoms with Gasteiger partial charge >= 0.3 is 0 Å². The van der Waals surface area contributed by atoms with E-state index in [9.17, 15) is 9.90 Å². The van der Waals surface area contributed by atoms with Gasteiger partial charge in [0, 0.05) is 13.1 Å². The van der Waals surface area contributed by atoms with Crippen LogP contribution in [-0.2, 0) is 4.79 Å². The molecule has 1 amide bonds. The zero-order chi connectivity index (χ0) is 13.1. The standard InChI is InChI=1S/C13H26N2O2/c1-5-15(9-13(3,4)17)12(16)11-8-10(2)6-7-14-11/h10-11,14,17H,5-9H2,1-4H3. The van der Waals surface area contributed by atoms with E-state index in [1.54, 1.807) is 18.7 Å². The largest absolute Gasteiger partial charge is 0.389 e. The molecule has 0 aromatic carbocycles. The van der Waals surface area contributed by atoms with Crippen molar-refractivity contribution in [1.29, 1.82) is 0 Å². The van der Waals surface area contributed by atoms with Crippen LogP contribution in [0.2, 0.25) is 0 Å². The van der Waals surface area contributed by atoms with Crippen LogP contribution in [0.3, 0.4) is 0 Å². The Balaban J connectivity index is 2.59. The van der Waals surface area contributed by atoms with Gasteiger partial charge in [0.1, 0.15) is 0 Å². The fraction of sp³-hybridized carbons (Fsp3) is 0.923. The van der Waals surface area contributed by atoms with Gasteiger partial charge in [0.15, 0.2) is 0 Å². The van der Waals surface area contributed by atoms with Gasteiger partial charge in [-0.15, -0.1) is 0 Å². The van der Waals surface area contributed by atoms with Crippen molar-refractivity contribution >= 4 is 5.91 Å². The summed E-state index contributed by atoms with van der Waals surface area (Å²) in [6.45, 7) is 9.57. The molecular weight excluding hydrogens is 216 g/mol. The van der Waals surface area contributed by atoms with Crippen LogP contribution < -0.4 is 5.32 Å². The molecule has 1 heterocycles. The summed E-state index contributed by atoms with van der Waals surface area (Å²) in [5.74, 6) is 0.729. The Hall–Kier alpha value is -0.610.